The molecule has 0 aliphatic heterocycles. The number of pyridine rings is 1. The van der Waals surface area contributed by atoms with Crippen LogP contribution in [0.2, 0.25) is 0 Å². The van der Waals surface area contributed by atoms with Gasteiger partial charge in [-0.05, 0) is 44.0 Å². The summed E-state index contributed by atoms with van der Waals surface area (Å²) in [7, 11) is 1.45. The molecular weight excluding hydrogens is 327 g/mol. The summed E-state index contributed by atoms with van der Waals surface area (Å²) in [6.07, 6.45) is 1.60. The van der Waals surface area contributed by atoms with Crippen LogP contribution in [0.4, 0.5) is 4.39 Å². The van der Waals surface area contributed by atoms with Crippen LogP contribution >= 0.6 is 0 Å². The second-order valence-electron chi connectivity index (χ2n) is 5.74. The Bertz CT molecular complexity index is 808. The molecule has 1 aromatic heterocycles. The molecule has 2 N–H and O–H groups in total. The summed E-state index contributed by atoms with van der Waals surface area (Å²) in [4.78, 5) is 27.4. The van der Waals surface area contributed by atoms with Crippen LogP contribution in [-0.4, -0.2) is 35.1 Å². The summed E-state index contributed by atoms with van der Waals surface area (Å²) in [6.45, 7) is 3.40. The highest BCUT2D eigenvalue weighted by Gasteiger charge is 2.16. The zero-order valence-electron chi connectivity index (χ0n) is 14.2. The van der Waals surface area contributed by atoms with Gasteiger partial charge in [-0.2, -0.15) is 0 Å². The maximum absolute atomic E-state index is 13.5. The molecule has 132 valence electrons. The summed E-state index contributed by atoms with van der Waals surface area (Å²) < 4.78 is 18.6. The van der Waals surface area contributed by atoms with Crippen molar-refractivity contribution in [2.24, 2.45) is 0 Å². The minimum Gasteiger partial charge on any atom is -0.497 e. The van der Waals surface area contributed by atoms with Crippen LogP contribution in [0.1, 0.15) is 38.9 Å². The van der Waals surface area contributed by atoms with E-state index in [2.05, 4.69) is 10.3 Å². The number of aromatic nitrogens is 1. The molecule has 0 fully saturated rings. The molecule has 1 aromatic carbocycles. The van der Waals surface area contributed by atoms with E-state index < -0.39 is 17.7 Å². The number of rotatable bonds is 6. The molecule has 2 aromatic rings. The first-order valence-corrected chi connectivity index (χ1v) is 7.64. The van der Waals surface area contributed by atoms with Gasteiger partial charge in [-0.3, -0.25) is 9.78 Å². The van der Waals surface area contributed by atoms with Crippen LogP contribution in [0.15, 0.2) is 30.5 Å². The summed E-state index contributed by atoms with van der Waals surface area (Å²) in [5.41, 5.74) is 1.25. The van der Waals surface area contributed by atoms with E-state index >= 15 is 0 Å². The Balaban J connectivity index is 2.11. The number of halogens is 1. The maximum atomic E-state index is 13.5. The zero-order chi connectivity index (χ0) is 18.6. The molecule has 0 spiro atoms. The number of aromatic carboxylic acids is 1. The lowest BCUT2D eigenvalue weighted by atomic mass is 10.1. The summed E-state index contributed by atoms with van der Waals surface area (Å²) in [6, 6.07) is 5.34. The monoisotopic (exact) mass is 346 g/mol. The Labute approximate surface area is 144 Å². The van der Waals surface area contributed by atoms with E-state index in [0.29, 0.717) is 23.4 Å². The van der Waals surface area contributed by atoms with Gasteiger partial charge in [-0.15, -0.1) is 0 Å². The molecule has 0 saturated carbocycles. The molecule has 0 saturated heterocycles. The number of benzene rings is 1. The fourth-order valence-corrected chi connectivity index (χ4v) is 2.44. The maximum Gasteiger partial charge on any atom is 0.337 e. The Morgan fingerprint density at radius 1 is 1.32 bits per heavy atom. The lowest BCUT2D eigenvalue weighted by molar-refractivity contribution is 0.0696. The smallest absolute Gasteiger partial charge is 0.337 e. The average molecular weight is 346 g/mol. The molecule has 0 radical (unpaired) electrons. The molecule has 1 atom stereocenters. The van der Waals surface area contributed by atoms with Crippen LogP contribution in [0.3, 0.4) is 0 Å². The zero-order valence-corrected chi connectivity index (χ0v) is 14.2. The largest absolute Gasteiger partial charge is 0.497 e. The Morgan fingerprint density at radius 2 is 2.04 bits per heavy atom. The van der Waals surface area contributed by atoms with Crippen molar-refractivity contribution < 1.29 is 23.8 Å². The van der Waals surface area contributed by atoms with Gasteiger partial charge in [-0.1, -0.05) is 0 Å². The third-order valence-electron chi connectivity index (χ3n) is 3.66. The summed E-state index contributed by atoms with van der Waals surface area (Å²) >= 11 is 0. The standard InChI is InChI=1S/C18H19FN2O4/c1-10(4-12-5-14(19)8-15(6-12)25-3)21-17(22)16-7-13(18(23)24)9-20-11(16)2/h5-10H,4H2,1-3H3,(H,21,22)(H,23,24). The number of hydrogen-bond acceptors (Lipinski definition) is 4. The lowest BCUT2D eigenvalue weighted by Crippen LogP contribution is -2.34. The minimum atomic E-state index is -1.15. The third-order valence-corrected chi connectivity index (χ3v) is 3.66. The third kappa shape index (κ3) is 4.76. The number of carboxylic acids is 1. The van der Waals surface area contributed by atoms with Crippen LogP contribution in [0.25, 0.3) is 0 Å². The highest BCUT2D eigenvalue weighted by atomic mass is 19.1. The molecule has 0 aliphatic rings. The predicted molar refractivity (Wildman–Crippen MR) is 89.5 cm³/mol. The summed E-state index contributed by atoms with van der Waals surface area (Å²) in [5, 5.41) is 11.8. The van der Waals surface area contributed by atoms with E-state index in [4.69, 9.17) is 9.84 Å². The number of amides is 1. The van der Waals surface area contributed by atoms with Crippen LogP contribution in [0, 0.1) is 12.7 Å². The Kier molecular flexibility index (Phi) is 5.69. The second-order valence-corrected chi connectivity index (χ2v) is 5.74. The fourth-order valence-electron chi connectivity index (χ4n) is 2.44. The molecule has 0 bridgehead atoms. The Morgan fingerprint density at radius 3 is 2.68 bits per heavy atom. The highest BCUT2D eigenvalue weighted by molar-refractivity contribution is 5.98. The van der Waals surface area contributed by atoms with Crippen molar-refractivity contribution in [3.63, 3.8) is 0 Å². The van der Waals surface area contributed by atoms with Crippen LogP contribution < -0.4 is 10.1 Å². The fraction of sp³-hybridized carbons (Fsp3) is 0.278. The SMILES string of the molecule is COc1cc(F)cc(CC(C)NC(=O)c2cc(C(=O)O)cnc2C)c1. The van der Waals surface area contributed by atoms with Gasteiger partial charge in [0.25, 0.3) is 5.91 Å². The number of nitrogens with one attached hydrogen (secondary N) is 1. The first-order valence-electron chi connectivity index (χ1n) is 7.64. The number of methoxy groups -OCH3 is 1. The molecular formula is C18H19FN2O4. The minimum absolute atomic E-state index is 0.0572. The summed E-state index contributed by atoms with van der Waals surface area (Å²) in [5.74, 6) is -1.59. The van der Waals surface area contributed by atoms with Gasteiger partial charge < -0.3 is 15.2 Å². The number of hydrogen-bond donors (Lipinski definition) is 2. The average Bonchev–Trinajstić information content (AvgIpc) is 2.53. The highest BCUT2D eigenvalue weighted by Crippen LogP contribution is 2.17. The Hall–Kier alpha value is -2.96. The molecule has 25 heavy (non-hydrogen) atoms. The number of carboxylic acid groups (broad SMARTS) is 1. The normalized spacial score (nSPS) is 11.7. The molecule has 2 rings (SSSR count). The van der Waals surface area contributed by atoms with Gasteiger partial charge in [0.15, 0.2) is 0 Å². The van der Waals surface area contributed by atoms with E-state index in [9.17, 15) is 14.0 Å². The molecule has 1 amide bonds. The number of carbonyl (C=O) groups excluding carboxylic acids is 1. The first kappa shape index (κ1) is 18.4. The van der Waals surface area contributed by atoms with Crippen LogP contribution in [-0.2, 0) is 6.42 Å². The van der Waals surface area contributed by atoms with E-state index in [1.54, 1.807) is 19.9 Å². The topological polar surface area (TPSA) is 88.5 Å². The van der Waals surface area contributed by atoms with E-state index in [-0.39, 0.29) is 17.2 Å². The van der Waals surface area contributed by atoms with E-state index in [1.807, 2.05) is 0 Å². The van der Waals surface area contributed by atoms with Crippen molar-refractivity contribution in [3.8, 4) is 5.75 Å². The van der Waals surface area contributed by atoms with Gasteiger partial charge >= 0.3 is 5.97 Å². The van der Waals surface area contributed by atoms with Crippen molar-refractivity contribution in [1.82, 2.24) is 10.3 Å². The number of ether oxygens (including phenoxy) is 1. The van der Waals surface area contributed by atoms with Gasteiger partial charge in [0.05, 0.1) is 23.9 Å². The van der Waals surface area contributed by atoms with Gasteiger partial charge in [0.1, 0.15) is 11.6 Å². The van der Waals surface area contributed by atoms with Crippen molar-refractivity contribution >= 4 is 11.9 Å². The van der Waals surface area contributed by atoms with Crippen molar-refractivity contribution in [3.05, 3.63) is 58.7 Å². The quantitative estimate of drug-likeness (QED) is 0.839. The van der Waals surface area contributed by atoms with Crippen molar-refractivity contribution in [2.75, 3.05) is 7.11 Å². The van der Waals surface area contributed by atoms with E-state index in [1.165, 1.54) is 31.5 Å². The van der Waals surface area contributed by atoms with Crippen LogP contribution in [0.5, 0.6) is 5.75 Å². The van der Waals surface area contributed by atoms with Crippen molar-refractivity contribution in [2.45, 2.75) is 26.3 Å². The van der Waals surface area contributed by atoms with Crippen molar-refractivity contribution in [1.29, 1.82) is 0 Å². The number of carbonyl (C=O) groups is 2. The van der Waals surface area contributed by atoms with E-state index in [0.717, 1.165) is 0 Å². The first-order chi connectivity index (χ1) is 11.8. The van der Waals surface area contributed by atoms with Gasteiger partial charge in [0.2, 0.25) is 0 Å². The molecule has 0 aliphatic carbocycles. The van der Waals surface area contributed by atoms with Gasteiger partial charge in [-0.25, -0.2) is 9.18 Å². The van der Waals surface area contributed by atoms with Gasteiger partial charge in [0, 0.05) is 18.3 Å². The molecule has 1 heterocycles. The number of nitrogens with zero attached hydrogens (tertiary/aromatic N) is 1. The molecule has 6 nitrogen and oxygen atoms in total. The molecule has 1 unspecified atom stereocenters. The predicted octanol–water partition coefficient (Wildman–Crippen LogP) is 2.60. The molecule has 7 heteroatoms. The second kappa shape index (κ2) is 7.74. The number of aryl methyl sites for hydroxylation is 1. The lowest BCUT2D eigenvalue weighted by Gasteiger charge is -2.15.